The second-order valence-electron chi connectivity index (χ2n) is 2.98. The second kappa shape index (κ2) is 4.77. The van der Waals surface area contributed by atoms with E-state index in [-0.39, 0.29) is 5.56 Å². The van der Waals surface area contributed by atoms with Gasteiger partial charge in [0.05, 0.1) is 18.5 Å². The number of nitrogens with zero attached hydrogens (tertiary/aromatic N) is 1. The zero-order valence-electron chi connectivity index (χ0n) is 7.53. The fourth-order valence-corrected chi connectivity index (χ4v) is 1.17. The highest BCUT2D eigenvalue weighted by Crippen LogP contribution is 2.26. The predicted molar refractivity (Wildman–Crippen MR) is 45.2 cm³/mol. The molecule has 6 heteroatoms. The van der Waals surface area contributed by atoms with Crippen LogP contribution >= 0.6 is 0 Å². The molecule has 0 fully saturated rings. The number of carboxylic acid groups (broad SMARTS) is 1. The Bertz CT molecular complexity index is 357. The third kappa shape index (κ3) is 3.23. The maximum atomic E-state index is 12.7. The molecular formula is C9H8F3NO2. The molecule has 1 unspecified atom stereocenters. The van der Waals surface area contributed by atoms with Crippen LogP contribution < -0.4 is 0 Å². The summed E-state index contributed by atoms with van der Waals surface area (Å²) in [7, 11) is 0. The molecule has 15 heavy (non-hydrogen) atoms. The summed E-state index contributed by atoms with van der Waals surface area (Å²) in [5, 5.41) is 8.42. The van der Waals surface area contributed by atoms with Crippen LogP contribution in [-0.4, -0.2) is 22.5 Å². The number of halogens is 3. The molecule has 1 atom stereocenters. The first-order valence-corrected chi connectivity index (χ1v) is 4.11. The van der Waals surface area contributed by atoms with Gasteiger partial charge in [-0.15, -0.1) is 0 Å². The van der Waals surface area contributed by atoms with Crippen molar-refractivity contribution < 1.29 is 23.1 Å². The summed E-state index contributed by atoms with van der Waals surface area (Å²) in [6, 6.07) is 0.868. The summed E-state index contributed by atoms with van der Waals surface area (Å²) in [4.78, 5) is 13.7. The molecule has 1 rings (SSSR count). The highest BCUT2D eigenvalue weighted by Gasteiger charge is 2.25. The van der Waals surface area contributed by atoms with Gasteiger partial charge in [0.15, 0.2) is 0 Å². The monoisotopic (exact) mass is 219 g/mol. The number of carboxylic acids is 1. The van der Waals surface area contributed by atoms with Gasteiger partial charge in [-0.3, -0.25) is 9.78 Å². The summed E-state index contributed by atoms with van der Waals surface area (Å²) in [5.41, 5.74) is -0.104. The van der Waals surface area contributed by atoms with Gasteiger partial charge < -0.3 is 5.11 Å². The Morgan fingerprint density at radius 3 is 2.60 bits per heavy atom. The lowest BCUT2D eigenvalue weighted by molar-refractivity contribution is -0.138. The van der Waals surface area contributed by atoms with Crippen LogP contribution in [0.1, 0.15) is 17.9 Å². The number of alkyl halides is 2. The Hall–Kier alpha value is -1.59. The third-order valence-corrected chi connectivity index (χ3v) is 1.85. The molecule has 1 aromatic heterocycles. The van der Waals surface area contributed by atoms with Crippen molar-refractivity contribution in [1.29, 1.82) is 0 Å². The van der Waals surface area contributed by atoms with Crippen molar-refractivity contribution >= 4 is 5.97 Å². The van der Waals surface area contributed by atoms with Crippen LogP contribution in [0.4, 0.5) is 13.2 Å². The smallest absolute Gasteiger partial charge is 0.304 e. The van der Waals surface area contributed by atoms with Gasteiger partial charge in [0, 0.05) is 6.20 Å². The second-order valence-corrected chi connectivity index (χ2v) is 2.98. The van der Waals surface area contributed by atoms with E-state index >= 15 is 0 Å². The number of aromatic nitrogens is 1. The summed E-state index contributed by atoms with van der Waals surface area (Å²) in [6.45, 7) is 0. The van der Waals surface area contributed by atoms with Gasteiger partial charge in [0.2, 0.25) is 6.43 Å². The minimum atomic E-state index is -2.86. The molecule has 1 heterocycles. The normalized spacial score (nSPS) is 12.8. The molecule has 3 nitrogen and oxygen atoms in total. The Morgan fingerprint density at radius 2 is 2.13 bits per heavy atom. The fourth-order valence-electron chi connectivity index (χ4n) is 1.17. The van der Waals surface area contributed by atoms with Crippen LogP contribution in [0.15, 0.2) is 18.5 Å². The zero-order chi connectivity index (χ0) is 11.4. The average molecular weight is 219 g/mol. The molecule has 0 bridgehead atoms. The van der Waals surface area contributed by atoms with E-state index in [0.29, 0.717) is 0 Å². The van der Waals surface area contributed by atoms with E-state index in [0.717, 1.165) is 18.5 Å². The number of carbonyl (C=O) groups is 1. The van der Waals surface area contributed by atoms with Crippen LogP contribution in [0.2, 0.25) is 0 Å². The number of pyridine rings is 1. The molecule has 0 radical (unpaired) electrons. The minimum Gasteiger partial charge on any atom is -0.481 e. The summed E-state index contributed by atoms with van der Waals surface area (Å²) < 4.78 is 37.6. The summed E-state index contributed by atoms with van der Waals surface area (Å²) in [5.74, 6) is -3.64. The van der Waals surface area contributed by atoms with Gasteiger partial charge in [-0.2, -0.15) is 0 Å². The van der Waals surface area contributed by atoms with Crippen LogP contribution in [0, 0.1) is 5.82 Å². The van der Waals surface area contributed by atoms with Gasteiger partial charge in [0.1, 0.15) is 5.82 Å². The highest BCUT2D eigenvalue weighted by molar-refractivity contribution is 5.68. The molecule has 0 aliphatic rings. The third-order valence-electron chi connectivity index (χ3n) is 1.85. The lowest BCUT2D eigenvalue weighted by atomic mass is 9.98. The Kier molecular flexibility index (Phi) is 3.65. The van der Waals surface area contributed by atoms with Crippen LogP contribution in [0.25, 0.3) is 0 Å². The van der Waals surface area contributed by atoms with E-state index in [9.17, 15) is 18.0 Å². The van der Waals surface area contributed by atoms with Gasteiger partial charge in [-0.25, -0.2) is 13.2 Å². The molecule has 0 aliphatic heterocycles. The van der Waals surface area contributed by atoms with Gasteiger partial charge >= 0.3 is 5.97 Å². The molecule has 0 amide bonds. The molecular weight excluding hydrogens is 211 g/mol. The van der Waals surface area contributed by atoms with E-state index in [1.165, 1.54) is 0 Å². The molecule has 82 valence electrons. The van der Waals surface area contributed by atoms with E-state index in [1.54, 1.807) is 0 Å². The lowest BCUT2D eigenvalue weighted by Gasteiger charge is -2.13. The standard InChI is InChI=1S/C9H8F3NO2/c10-6-1-5(3-13-4-6)7(9(11)12)2-8(14)15/h1,3-4,7,9H,2H2,(H,14,15). The first-order chi connectivity index (χ1) is 7.00. The topological polar surface area (TPSA) is 50.2 Å². The van der Waals surface area contributed by atoms with Crippen molar-refractivity contribution in [1.82, 2.24) is 4.98 Å². The van der Waals surface area contributed by atoms with E-state index < -0.39 is 30.6 Å². The van der Waals surface area contributed by atoms with E-state index in [1.807, 2.05) is 0 Å². The van der Waals surface area contributed by atoms with Crippen molar-refractivity contribution in [3.63, 3.8) is 0 Å². The Balaban J connectivity index is 2.93. The van der Waals surface area contributed by atoms with E-state index in [2.05, 4.69) is 4.98 Å². The largest absolute Gasteiger partial charge is 0.481 e. The average Bonchev–Trinajstić information content (AvgIpc) is 2.13. The van der Waals surface area contributed by atoms with Crippen molar-refractivity contribution in [3.05, 3.63) is 29.8 Å². The number of rotatable bonds is 4. The first kappa shape index (κ1) is 11.5. The Morgan fingerprint density at radius 1 is 1.47 bits per heavy atom. The maximum Gasteiger partial charge on any atom is 0.304 e. The first-order valence-electron chi connectivity index (χ1n) is 4.11. The maximum absolute atomic E-state index is 12.7. The molecule has 1 N–H and O–H groups in total. The van der Waals surface area contributed by atoms with Crippen LogP contribution in [0.5, 0.6) is 0 Å². The molecule has 0 aliphatic carbocycles. The molecule has 0 aromatic carbocycles. The van der Waals surface area contributed by atoms with Crippen LogP contribution in [0.3, 0.4) is 0 Å². The van der Waals surface area contributed by atoms with Crippen LogP contribution in [-0.2, 0) is 4.79 Å². The Labute approximate surface area is 83.6 Å². The van der Waals surface area contributed by atoms with Gasteiger partial charge in [-0.05, 0) is 11.6 Å². The zero-order valence-corrected chi connectivity index (χ0v) is 7.53. The summed E-state index contributed by atoms with van der Waals surface area (Å²) in [6.07, 6.45) is -1.69. The van der Waals surface area contributed by atoms with Gasteiger partial charge in [-0.1, -0.05) is 0 Å². The number of hydrogen-bond donors (Lipinski definition) is 1. The molecule has 0 spiro atoms. The SMILES string of the molecule is O=C(O)CC(c1cncc(F)c1)C(F)F. The lowest BCUT2D eigenvalue weighted by Crippen LogP contribution is -2.14. The number of aliphatic carboxylic acids is 1. The van der Waals surface area contributed by atoms with Gasteiger partial charge in [0.25, 0.3) is 0 Å². The number of hydrogen-bond acceptors (Lipinski definition) is 2. The molecule has 0 saturated heterocycles. The molecule has 0 saturated carbocycles. The van der Waals surface area contributed by atoms with Crippen molar-refractivity contribution in [2.24, 2.45) is 0 Å². The highest BCUT2D eigenvalue weighted by atomic mass is 19.3. The summed E-state index contributed by atoms with van der Waals surface area (Å²) >= 11 is 0. The van der Waals surface area contributed by atoms with Crippen molar-refractivity contribution in [2.75, 3.05) is 0 Å². The van der Waals surface area contributed by atoms with Crippen molar-refractivity contribution in [3.8, 4) is 0 Å². The van der Waals surface area contributed by atoms with Crippen molar-refractivity contribution in [2.45, 2.75) is 18.8 Å². The minimum absolute atomic E-state index is 0.104. The predicted octanol–water partition coefficient (Wildman–Crippen LogP) is 2.04. The quantitative estimate of drug-likeness (QED) is 0.842. The fraction of sp³-hybridized carbons (Fsp3) is 0.333. The molecule has 1 aromatic rings. The van der Waals surface area contributed by atoms with E-state index in [4.69, 9.17) is 5.11 Å².